The minimum absolute atomic E-state index is 0.0634. The van der Waals surface area contributed by atoms with E-state index in [4.69, 9.17) is 9.47 Å². The monoisotopic (exact) mass is 461 g/mol. The lowest BCUT2D eigenvalue weighted by molar-refractivity contribution is -0.130. The second kappa shape index (κ2) is 11.7. The lowest BCUT2D eigenvalue weighted by Gasteiger charge is -2.23. The summed E-state index contributed by atoms with van der Waals surface area (Å²) in [7, 11) is 0. The number of thiophene rings is 1. The minimum atomic E-state index is -0.392. The Morgan fingerprint density at radius 3 is 2.81 bits per heavy atom. The number of hydrogen-bond acceptors (Lipinski definition) is 6. The van der Waals surface area contributed by atoms with Crippen molar-refractivity contribution in [1.29, 1.82) is 0 Å². The summed E-state index contributed by atoms with van der Waals surface area (Å²) in [5.74, 6) is 1.25. The first-order valence-electron chi connectivity index (χ1n) is 10.0. The van der Waals surface area contributed by atoms with Crippen molar-refractivity contribution in [3.63, 3.8) is 0 Å². The molecule has 31 heavy (non-hydrogen) atoms. The third-order valence-corrected chi connectivity index (χ3v) is 6.29. The zero-order valence-corrected chi connectivity index (χ0v) is 19.3. The van der Waals surface area contributed by atoms with E-state index >= 15 is 0 Å². The van der Waals surface area contributed by atoms with Crippen molar-refractivity contribution in [1.82, 2.24) is 15.5 Å². The SMILES string of the molecule is CC/C=C(/CN(Cc1cccs1)C(=O)CNC(=O)NCc1ccc2c(c1)OCO2)SC. The third-order valence-electron chi connectivity index (χ3n) is 4.61. The van der Waals surface area contributed by atoms with Crippen LogP contribution in [-0.2, 0) is 17.9 Å². The molecule has 166 valence electrons. The molecule has 0 aliphatic carbocycles. The standard InChI is InChI=1S/C22H27N3O4S2/c1-3-5-17(30-2)13-25(14-18-6-4-9-31-18)21(26)12-24-22(27)23-11-16-7-8-19-20(10-16)29-15-28-19/h4-10H,3,11-15H2,1-2H3,(H2,23,24,27)/b17-5-. The molecule has 0 saturated carbocycles. The van der Waals surface area contributed by atoms with Gasteiger partial charge in [-0.2, -0.15) is 0 Å². The van der Waals surface area contributed by atoms with Crippen LogP contribution in [0.3, 0.4) is 0 Å². The van der Waals surface area contributed by atoms with E-state index in [0.29, 0.717) is 31.1 Å². The molecule has 2 aromatic rings. The number of benzene rings is 1. The second-order valence-corrected chi connectivity index (χ2v) is 8.80. The van der Waals surface area contributed by atoms with Crippen LogP contribution >= 0.6 is 23.1 Å². The van der Waals surface area contributed by atoms with Crippen molar-refractivity contribution in [2.24, 2.45) is 0 Å². The number of thioether (sulfide) groups is 1. The van der Waals surface area contributed by atoms with Gasteiger partial charge < -0.3 is 25.0 Å². The van der Waals surface area contributed by atoms with Crippen LogP contribution in [0.1, 0.15) is 23.8 Å². The number of ether oxygens (including phenoxy) is 2. The number of nitrogens with one attached hydrogen (secondary N) is 2. The average molecular weight is 462 g/mol. The number of urea groups is 1. The molecule has 0 radical (unpaired) electrons. The highest BCUT2D eigenvalue weighted by atomic mass is 32.2. The van der Waals surface area contributed by atoms with Crippen molar-refractivity contribution in [3.8, 4) is 11.5 Å². The average Bonchev–Trinajstić information content (AvgIpc) is 3.46. The molecule has 1 aromatic heterocycles. The molecule has 3 rings (SSSR count). The van der Waals surface area contributed by atoms with Crippen molar-refractivity contribution in [2.75, 3.05) is 26.1 Å². The van der Waals surface area contributed by atoms with Gasteiger partial charge in [-0.25, -0.2) is 4.79 Å². The number of fused-ring (bicyclic) bond motifs is 1. The predicted octanol–water partition coefficient (Wildman–Crippen LogP) is 3.96. The number of nitrogens with zero attached hydrogens (tertiary/aromatic N) is 1. The first-order valence-corrected chi connectivity index (χ1v) is 12.1. The topological polar surface area (TPSA) is 79.9 Å². The maximum atomic E-state index is 12.9. The summed E-state index contributed by atoms with van der Waals surface area (Å²) in [6.45, 7) is 3.61. The van der Waals surface area contributed by atoms with Crippen LogP contribution in [0, 0.1) is 0 Å². The van der Waals surface area contributed by atoms with Gasteiger partial charge in [0.15, 0.2) is 11.5 Å². The molecule has 0 fully saturated rings. The van der Waals surface area contributed by atoms with E-state index < -0.39 is 6.03 Å². The molecule has 0 bridgehead atoms. The Bertz CT molecular complexity index is 915. The van der Waals surface area contributed by atoms with Crippen LogP contribution in [0.15, 0.2) is 46.7 Å². The molecule has 9 heteroatoms. The maximum Gasteiger partial charge on any atom is 0.315 e. The summed E-state index contributed by atoms with van der Waals surface area (Å²) in [6.07, 6.45) is 5.06. The maximum absolute atomic E-state index is 12.9. The van der Waals surface area contributed by atoms with Crippen LogP contribution in [0.25, 0.3) is 0 Å². The molecule has 0 saturated heterocycles. The fourth-order valence-electron chi connectivity index (χ4n) is 3.01. The van der Waals surface area contributed by atoms with Gasteiger partial charge in [-0.3, -0.25) is 4.79 Å². The second-order valence-electron chi connectivity index (χ2n) is 6.84. The lowest BCUT2D eigenvalue weighted by Crippen LogP contribution is -2.43. The Morgan fingerprint density at radius 1 is 1.23 bits per heavy atom. The van der Waals surface area contributed by atoms with Gasteiger partial charge in [0.05, 0.1) is 19.6 Å². The number of carbonyl (C=O) groups is 2. The van der Waals surface area contributed by atoms with E-state index in [9.17, 15) is 9.59 Å². The minimum Gasteiger partial charge on any atom is -0.454 e. The molecule has 2 N–H and O–H groups in total. The van der Waals surface area contributed by atoms with E-state index in [1.165, 1.54) is 0 Å². The van der Waals surface area contributed by atoms with E-state index in [1.807, 2.05) is 42.0 Å². The van der Waals surface area contributed by atoms with E-state index in [1.54, 1.807) is 28.0 Å². The molecule has 1 aliphatic rings. The zero-order chi connectivity index (χ0) is 22.1. The number of amides is 3. The summed E-state index contributed by atoms with van der Waals surface area (Å²) in [5.41, 5.74) is 0.888. The largest absolute Gasteiger partial charge is 0.454 e. The first kappa shape index (κ1) is 23.0. The number of hydrogen-bond donors (Lipinski definition) is 2. The van der Waals surface area contributed by atoms with Crippen molar-refractivity contribution in [3.05, 3.63) is 57.1 Å². The normalized spacial score (nSPS) is 12.5. The third kappa shape index (κ3) is 6.93. The molecule has 0 unspecified atom stereocenters. The van der Waals surface area contributed by atoms with Gasteiger partial charge in [-0.05, 0) is 46.7 Å². The predicted molar refractivity (Wildman–Crippen MR) is 124 cm³/mol. The van der Waals surface area contributed by atoms with Gasteiger partial charge in [-0.15, -0.1) is 23.1 Å². The van der Waals surface area contributed by atoms with Gasteiger partial charge in [0.25, 0.3) is 0 Å². The highest BCUT2D eigenvalue weighted by Gasteiger charge is 2.17. The molecular weight excluding hydrogens is 434 g/mol. The molecular formula is C22H27N3O4S2. The highest BCUT2D eigenvalue weighted by Crippen LogP contribution is 2.32. The lowest BCUT2D eigenvalue weighted by atomic mass is 10.2. The van der Waals surface area contributed by atoms with E-state index in [-0.39, 0.29) is 19.2 Å². The van der Waals surface area contributed by atoms with E-state index in [0.717, 1.165) is 21.8 Å². The summed E-state index contributed by atoms with van der Waals surface area (Å²) >= 11 is 3.26. The Balaban J connectivity index is 1.51. The first-order chi connectivity index (χ1) is 15.1. The molecule has 2 heterocycles. The fourth-order valence-corrected chi connectivity index (χ4v) is 4.35. The van der Waals surface area contributed by atoms with E-state index in [2.05, 4.69) is 23.6 Å². The highest BCUT2D eigenvalue weighted by molar-refractivity contribution is 8.02. The van der Waals surface area contributed by atoms with Crippen LogP contribution < -0.4 is 20.1 Å². The van der Waals surface area contributed by atoms with Gasteiger partial charge in [0, 0.05) is 11.4 Å². The molecule has 7 nitrogen and oxygen atoms in total. The van der Waals surface area contributed by atoms with Crippen LogP contribution in [0.2, 0.25) is 0 Å². The van der Waals surface area contributed by atoms with Crippen LogP contribution in [0.4, 0.5) is 4.79 Å². The summed E-state index contributed by atoms with van der Waals surface area (Å²) < 4.78 is 10.6. The Hall–Kier alpha value is -2.65. The number of allylic oxidation sites excluding steroid dienone is 1. The summed E-state index contributed by atoms with van der Waals surface area (Å²) in [4.78, 5) is 29.1. The quantitative estimate of drug-likeness (QED) is 0.560. The van der Waals surface area contributed by atoms with Crippen molar-refractivity contribution in [2.45, 2.75) is 26.4 Å². The Kier molecular flexibility index (Phi) is 8.66. The fraction of sp³-hybridized carbons (Fsp3) is 0.364. The number of carbonyl (C=O) groups excluding carboxylic acids is 2. The summed E-state index contributed by atoms with van der Waals surface area (Å²) in [5, 5.41) is 7.44. The molecule has 1 aliphatic heterocycles. The van der Waals surface area contributed by atoms with Gasteiger partial charge in [0.1, 0.15) is 0 Å². The van der Waals surface area contributed by atoms with Crippen molar-refractivity contribution >= 4 is 35.0 Å². The van der Waals surface area contributed by atoms with Crippen LogP contribution in [-0.4, -0.2) is 43.0 Å². The Labute approximate surface area is 190 Å². The smallest absolute Gasteiger partial charge is 0.315 e. The molecule has 3 amide bonds. The van der Waals surface area contributed by atoms with Gasteiger partial charge in [0.2, 0.25) is 12.7 Å². The summed E-state index contributed by atoms with van der Waals surface area (Å²) in [6, 6.07) is 9.11. The molecule has 1 aromatic carbocycles. The molecule has 0 spiro atoms. The zero-order valence-electron chi connectivity index (χ0n) is 17.7. The molecule has 0 atom stereocenters. The van der Waals surface area contributed by atoms with Gasteiger partial charge in [-0.1, -0.05) is 25.1 Å². The van der Waals surface area contributed by atoms with Crippen LogP contribution in [0.5, 0.6) is 11.5 Å². The van der Waals surface area contributed by atoms with Gasteiger partial charge >= 0.3 is 6.03 Å². The number of rotatable bonds is 10. The van der Waals surface area contributed by atoms with Crippen molar-refractivity contribution < 1.29 is 19.1 Å². The Morgan fingerprint density at radius 2 is 2.06 bits per heavy atom.